The highest BCUT2D eigenvalue weighted by molar-refractivity contribution is 6.01. The molecule has 9 nitrogen and oxygen atoms in total. The van der Waals surface area contributed by atoms with Crippen LogP contribution in [0.25, 0.3) is 33.7 Å². The predicted octanol–water partition coefficient (Wildman–Crippen LogP) is 5.28. The molecule has 4 N–H and O–H groups in total. The predicted molar refractivity (Wildman–Crippen MR) is 135 cm³/mol. The van der Waals surface area contributed by atoms with Crippen LogP contribution in [-0.2, 0) is 10.9 Å². The number of nitrogens with zero attached hydrogens (tertiary/aromatic N) is 2. The minimum Gasteiger partial charge on any atom is -0.444 e. The van der Waals surface area contributed by atoms with Crippen LogP contribution in [0.4, 0.5) is 18.0 Å². The van der Waals surface area contributed by atoms with Gasteiger partial charge in [-0.2, -0.15) is 18.3 Å². The van der Waals surface area contributed by atoms with Crippen molar-refractivity contribution in [3.05, 3.63) is 59.8 Å². The maximum Gasteiger partial charge on any atom is 0.416 e. The third-order valence-corrected chi connectivity index (χ3v) is 5.46. The molecule has 4 aromatic rings. The van der Waals surface area contributed by atoms with Gasteiger partial charge in [0.05, 0.1) is 23.0 Å². The molecule has 38 heavy (non-hydrogen) atoms. The number of alkyl carbamates (subject to hydrolysis) is 1. The Hall–Kier alpha value is -4.35. The molecule has 12 heteroatoms. The van der Waals surface area contributed by atoms with E-state index in [1.807, 2.05) is 0 Å². The summed E-state index contributed by atoms with van der Waals surface area (Å²) in [6, 6.07) is 9.83. The summed E-state index contributed by atoms with van der Waals surface area (Å²) in [6.45, 7) is 6.02. The van der Waals surface area contributed by atoms with Crippen LogP contribution in [0.3, 0.4) is 0 Å². The molecular formula is C26H27F3N6O3. The van der Waals surface area contributed by atoms with Gasteiger partial charge in [-0.15, -0.1) is 0 Å². The lowest BCUT2D eigenvalue weighted by Gasteiger charge is -2.19. The highest BCUT2D eigenvalue weighted by Gasteiger charge is 2.30. The number of nitrogens with one attached hydrogen (secondary N) is 4. The Bertz CT molecular complexity index is 1440. The lowest BCUT2D eigenvalue weighted by molar-refractivity contribution is -0.137. The number of halogens is 3. The number of imidazole rings is 1. The molecule has 0 saturated heterocycles. The van der Waals surface area contributed by atoms with Gasteiger partial charge < -0.3 is 20.4 Å². The van der Waals surface area contributed by atoms with Crippen molar-refractivity contribution in [1.29, 1.82) is 0 Å². The molecule has 4 rings (SSSR count). The van der Waals surface area contributed by atoms with Crippen LogP contribution in [-0.4, -0.2) is 50.9 Å². The van der Waals surface area contributed by atoms with Gasteiger partial charge in [0.15, 0.2) is 5.82 Å². The third kappa shape index (κ3) is 6.50. The van der Waals surface area contributed by atoms with Gasteiger partial charge in [-0.25, -0.2) is 9.78 Å². The number of H-pyrrole nitrogens is 2. The second-order valence-electron chi connectivity index (χ2n) is 9.59. The molecule has 2 aromatic heterocycles. The maximum atomic E-state index is 12.9. The van der Waals surface area contributed by atoms with Gasteiger partial charge in [0.25, 0.3) is 5.91 Å². The van der Waals surface area contributed by atoms with Crippen LogP contribution in [0, 0.1) is 0 Å². The first kappa shape index (κ1) is 26.7. The van der Waals surface area contributed by atoms with Crippen molar-refractivity contribution in [2.75, 3.05) is 13.1 Å². The number of benzene rings is 2. The Morgan fingerprint density at radius 2 is 1.71 bits per heavy atom. The number of ether oxygens (including phenoxy) is 1. The molecular weight excluding hydrogens is 501 g/mol. The van der Waals surface area contributed by atoms with Crippen molar-refractivity contribution in [3.63, 3.8) is 0 Å². The van der Waals surface area contributed by atoms with Gasteiger partial charge >= 0.3 is 12.3 Å². The quantitative estimate of drug-likeness (QED) is 0.243. The lowest BCUT2D eigenvalue weighted by Crippen LogP contribution is -2.34. The first-order chi connectivity index (χ1) is 17.9. The molecule has 0 aliphatic heterocycles. The van der Waals surface area contributed by atoms with Gasteiger partial charge in [-0.05, 0) is 63.1 Å². The second-order valence-corrected chi connectivity index (χ2v) is 9.59. The van der Waals surface area contributed by atoms with E-state index in [0.717, 1.165) is 12.1 Å². The van der Waals surface area contributed by atoms with E-state index in [2.05, 4.69) is 30.8 Å². The highest BCUT2D eigenvalue weighted by atomic mass is 19.4. The number of alkyl halides is 3. The molecule has 2 aromatic carbocycles. The maximum absolute atomic E-state index is 12.9. The topological polar surface area (TPSA) is 125 Å². The van der Waals surface area contributed by atoms with Crippen LogP contribution in [0.15, 0.2) is 48.7 Å². The van der Waals surface area contributed by atoms with Crippen molar-refractivity contribution in [1.82, 2.24) is 30.8 Å². The fourth-order valence-corrected chi connectivity index (χ4v) is 3.66. The number of aromatic amines is 2. The fraction of sp³-hybridized carbons (Fsp3) is 0.308. The van der Waals surface area contributed by atoms with Crippen molar-refractivity contribution < 1.29 is 27.5 Å². The van der Waals surface area contributed by atoms with E-state index in [-0.39, 0.29) is 5.91 Å². The molecule has 0 unspecified atom stereocenters. The smallest absolute Gasteiger partial charge is 0.416 e. The first-order valence-electron chi connectivity index (χ1n) is 11.9. The van der Waals surface area contributed by atoms with Gasteiger partial charge in [0, 0.05) is 24.0 Å². The largest absolute Gasteiger partial charge is 0.444 e. The number of hydrogen-bond donors (Lipinski definition) is 4. The number of fused-ring (bicyclic) bond motifs is 1. The zero-order valence-electron chi connectivity index (χ0n) is 21.0. The van der Waals surface area contributed by atoms with Crippen molar-refractivity contribution >= 4 is 22.9 Å². The summed E-state index contributed by atoms with van der Waals surface area (Å²) in [5.74, 6) is 0.109. The van der Waals surface area contributed by atoms with Crippen molar-refractivity contribution in [2.24, 2.45) is 0 Å². The first-order valence-corrected chi connectivity index (χ1v) is 11.9. The van der Waals surface area contributed by atoms with Crippen LogP contribution in [0.1, 0.15) is 43.1 Å². The van der Waals surface area contributed by atoms with Crippen molar-refractivity contribution in [2.45, 2.75) is 39.0 Å². The number of amides is 2. The van der Waals surface area contributed by atoms with Gasteiger partial charge in [-0.3, -0.25) is 9.89 Å². The van der Waals surface area contributed by atoms with Crippen LogP contribution >= 0.6 is 0 Å². The van der Waals surface area contributed by atoms with E-state index in [4.69, 9.17) is 4.74 Å². The molecule has 200 valence electrons. The molecule has 0 bridgehead atoms. The number of aromatic nitrogens is 4. The SMILES string of the molecule is CC(C)(C)OC(=O)NCCCNC(=O)c1ccc2[nH]nc(-c3ncc(-c4ccc(C(F)(F)F)cc4)[nH]3)c2c1. The number of carbonyl (C=O) groups excluding carboxylic acids is 2. The second kappa shape index (κ2) is 10.6. The summed E-state index contributed by atoms with van der Waals surface area (Å²) in [4.78, 5) is 31.8. The molecule has 0 atom stereocenters. The standard InChI is InChI=1S/C26H27F3N6O3/c1-25(2,3)38-24(37)31-12-4-11-30-23(36)16-7-10-19-18(13-16)21(35-34-19)22-32-14-20(33-22)15-5-8-17(9-6-15)26(27,28)29/h5-10,13-14H,4,11-12H2,1-3H3,(H,30,36)(H,31,37)(H,32,33)(H,34,35). The van der Waals surface area contributed by atoms with Gasteiger partial charge in [0.1, 0.15) is 11.3 Å². The van der Waals surface area contributed by atoms with E-state index >= 15 is 0 Å². The number of hydrogen-bond acceptors (Lipinski definition) is 5. The molecule has 0 aliphatic rings. The Morgan fingerprint density at radius 1 is 1.00 bits per heavy atom. The van der Waals surface area contributed by atoms with Gasteiger partial charge in [0.2, 0.25) is 0 Å². The van der Waals surface area contributed by atoms with Gasteiger partial charge in [-0.1, -0.05) is 12.1 Å². The Labute approximate surface area is 216 Å². The molecule has 0 radical (unpaired) electrons. The lowest BCUT2D eigenvalue weighted by atomic mass is 10.1. The summed E-state index contributed by atoms with van der Waals surface area (Å²) in [7, 11) is 0. The Kier molecular flexibility index (Phi) is 7.42. The number of carbonyl (C=O) groups is 2. The Morgan fingerprint density at radius 3 is 2.39 bits per heavy atom. The summed E-state index contributed by atoms with van der Waals surface area (Å²) >= 11 is 0. The van der Waals surface area contributed by atoms with Crippen LogP contribution < -0.4 is 10.6 Å². The summed E-state index contributed by atoms with van der Waals surface area (Å²) in [6.07, 6.45) is -2.89. The zero-order chi connectivity index (χ0) is 27.5. The third-order valence-electron chi connectivity index (χ3n) is 5.46. The average molecular weight is 529 g/mol. The molecule has 0 spiro atoms. The number of rotatable bonds is 7. The summed E-state index contributed by atoms with van der Waals surface area (Å²) < 4.78 is 43.7. The van der Waals surface area contributed by atoms with E-state index in [1.165, 1.54) is 18.3 Å². The average Bonchev–Trinajstić information content (AvgIpc) is 3.49. The fourth-order valence-electron chi connectivity index (χ4n) is 3.66. The minimum absolute atomic E-state index is 0.291. The normalized spacial score (nSPS) is 11.9. The molecule has 2 amide bonds. The van der Waals surface area contributed by atoms with Crippen molar-refractivity contribution in [3.8, 4) is 22.8 Å². The highest BCUT2D eigenvalue weighted by Crippen LogP contribution is 2.32. The van der Waals surface area contributed by atoms with E-state index < -0.39 is 23.4 Å². The molecule has 2 heterocycles. The summed E-state index contributed by atoms with van der Waals surface area (Å²) in [5, 5.41) is 13.3. The van der Waals surface area contributed by atoms with E-state index in [1.54, 1.807) is 39.0 Å². The monoisotopic (exact) mass is 528 g/mol. The Balaban J connectivity index is 1.40. The molecule has 0 aliphatic carbocycles. The summed E-state index contributed by atoms with van der Waals surface area (Å²) in [5.41, 5.74) is 1.32. The molecule has 0 fully saturated rings. The van der Waals surface area contributed by atoms with E-state index in [9.17, 15) is 22.8 Å². The minimum atomic E-state index is -4.41. The molecule has 0 saturated carbocycles. The van der Waals surface area contributed by atoms with Crippen LogP contribution in [0.2, 0.25) is 0 Å². The zero-order valence-corrected chi connectivity index (χ0v) is 21.0. The van der Waals surface area contributed by atoms with Crippen LogP contribution in [0.5, 0.6) is 0 Å². The van der Waals surface area contributed by atoms with E-state index in [0.29, 0.717) is 58.8 Å².